The molecule has 1 aromatic carbocycles. The van der Waals surface area contributed by atoms with E-state index in [0.717, 1.165) is 0 Å². The lowest BCUT2D eigenvalue weighted by Gasteiger charge is -2.35. The van der Waals surface area contributed by atoms with Crippen molar-refractivity contribution in [3.8, 4) is 0 Å². The van der Waals surface area contributed by atoms with Crippen molar-refractivity contribution in [3.05, 3.63) is 39.9 Å². The topological polar surface area (TPSA) is 92.9 Å². The van der Waals surface area contributed by atoms with E-state index >= 15 is 0 Å². The van der Waals surface area contributed by atoms with Gasteiger partial charge in [-0.05, 0) is 6.92 Å². The molecule has 0 saturated carbocycles. The van der Waals surface area contributed by atoms with Crippen LogP contribution < -0.4 is 0 Å². The van der Waals surface area contributed by atoms with E-state index in [4.69, 9.17) is 9.84 Å². The third-order valence-corrected chi connectivity index (χ3v) is 3.35. The molecule has 1 saturated heterocycles. The molecule has 0 amide bonds. The van der Waals surface area contributed by atoms with Crippen molar-refractivity contribution in [1.82, 2.24) is 4.90 Å². The van der Waals surface area contributed by atoms with Crippen molar-refractivity contribution in [1.29, 1.82) is 0 Å². The first-order valence-corrected chi connectivity index (χ1v) is 6.76. The number of ether oxygens (including phenoxy) is 1. The van der Waals surface area contributed by atoms with Crippen LogP contribution in [0.5, 0.6) is 0 Å². The standard InChI is InChI=1S/C14H18N2O5/c1-10-6-15(7-13(9-17)21-10)8-14(18)11-3-2-4-12(5-11)16(19)20/h2-5,10,13,17H,6-9H2,1H3. The van der Waals surface area contributed by atoms with E-state index in [1.807, 2.05) is 11.8 Å². The van der Waals surface area contributed by atoms with E-state index in [1.165, 1.54) is 18.2 Å². The number of aliphatic hydroxyl groups excluding tert-OH is 1. The zero-order chi connectivity index (χ0) is 15.4. The van der Waals surface area contributed by atoms with Crippen molar-refractivity contribution < 1.29 is 19.6 Å². The SMILES string of the molecule is CC1CN(CC(=O)c2cccc([N+](=O)[O-])c2)CC(CO)O1. The Morgan fingerprint density at radius 1 is 1.52 bits per heavy atom. The second-order valence-electron chi connectivity index (χ2n) is 5.18. The van der Waals surface area contributed by atoms with E-state index in [2.05, 4.69) is 0 Å². The highest BCUT2D eigenvalue weighted by Gasteiger charge is 2.26. The largest absolute Gasteiger partial charge is 0.394 e. The number of nitrogens with zero attached hydrogens (tertiary/aromatic N) is 2. The average molecular weight is 294 g/mol. The Balaban J connectivity index is 2.03. The summed E-state index contributed by atoms with van der Waals surface area (Å²) in [5.41, 5.74) is 0.230. The minimum atomic E-state index is -0.518. The van der Waals surface area contributed by atoms with Crippen LogP contribution in [0.4, 0.5) is 5.69 Å². The summed E-state index contributed by atoms with van der Waals surface area (Å²) in [6.45, 7) is 3.02. The number of carbonyl (C=O) groups is 1. The van der Waals surface area contributed by atoms with E-state index in [1.54, 1.807) is 6.07 Å². The van der Waals surface area contributed by atoms with Crippen LogP contribution in [0.3, 0.4) is 0 Å². The number of ketones is 1. The van der Waals surface area contributed by atoms with Gasteiger partial charge in [0.25, 0.3) is 5.69 Å². The number of Topliss-reactive ketones (excluding diaryl/α,β-unsaturated/α-hetero) is 1. The summed E-state index contributed by atoms with van der Waals surface area (Å²) in [4.78, 5) is 24.3. The number of nitro groups is 1. The lowest BCUT2D eigenvalue weighted by molar-refractivity contribution is -0.384. The molecule has 21 heavy (non-hydrogen) atoms. The molecule has 0 bridgehead atoms. The van der Waals surface area contributed by atoms with Crippen LogP contribution in [0.15, 0.2) is 24.3 Å². The number of carbonyl (C=O) groups excluding carboxylic acids is 1. The molecule has 0 aliphatic carbocycles. The van der Waals surface area contributed by atoms with Crippen molar-refractivity contribution in [2.45, 2.75) is 19.1 Å². The fraction of sp³-hybridized carbons (Fsp3) is 0.500. The molecule has 1 N–H and O–H groups in total. The number of non-ortho nitro benzene ring substituents is 1. The molecule has 114 valence electrons. The summed E-state index contributed by atoms with van der Waals surface area (Å²) < 4.78 is 5.51. The van der Waals surface area contributed by atoms with Gasteiger partial charge in [0.1, 0.15) is 0 Å². The van der Waals surface area contributed by atoms with E-state index in [-0.39, 0.29) is 36.8 Å². The normalized spacial score (nSPS) is 23.0. The number of benzene rings is 1. The van der Waals surface area contributed by atoms with E-state index < -0.39 is 4.92 Å². The number of rotatable bonds is 5. The van der Waals surface area contributed by atoms with Gasteiger partial charge < -0.3 is 9.84 Å². The smallest absolute Gasteiger partial charge is 0.270 e. The second kappa shape index (κ2) is 6.75. The predicted octanol–water partition coefficient (Wildman–Crippen LogP) is 0.859. The molecule has 1 fully saturated rings. The third kappa shape index (κ3) is 4.07. The Labute approximate surface area is 122 Å². The summed E-state index contributed by atoms with van der Waals surface area (Å²) in [5.74, 6) is -0.176. The monoisotopic (exact) mass is 294 g/mol. The molecule has 0 radical (unpaired) electrons. The highest BCUT2D eigenvalue weighted by atomic mass is 16.6. The zero-order valence-electron chi connectivity index (χ0n) is 11.8. The maximum absolute atomic E-state index is 12.2. The maximum atomic E-state index is 12.2. The Hall–Kier alpha value is -1.83. The number of hydrogen-bond donors (Lipinski definition) is 1. The van der Waals surface area contributed by atoms with Crippen molar-refractivity contribution in [2.24, 2.45) is 0 Å². The quantitative estimate of drug-likeness (QED) is 0.492. The molecule has 2 unspecified atom stereocenters. The van der Waals surface area contributed by atoms with Gasteiger partial charge in [0.15, 0.2) is 5.78 Å². The zero-order valence-corrected chi connectivity index (χ0v) is 11.8. The minimum Gasteiger partial charge on any atom is -0.394 e. The van der Waals surface area contributed by atoms with Crippen LogP contribution in [0.1, 0.15) is 17.3 Å². The Morgan fingerprint density at radius 2 is 2.29 bits per heavy atom. The van der Waals surface area contributed by atoms with Crippen LogP contribution in [0, 0.1) is 10.1 Å². The van der Waals surface area contributed by atoms with Crippen LogP contribution in [-0.2, 0) is 4.74 Å². The molecule has 1 aliphatic rings. The first kappa shape index (κ1) is 15.6. The molecule has 2 atom stereocenters. The van der Waals surface area contributed by atoms with Gasteiger partial charge in [-0.3, -0.25) is 19.8 Å². The molecule has 0 aromatic heterocycles. The van der Waals surface area contributed by atoms with Crippen molar-refractivity contribution in [2.75, 3.05) is 26.2 Å². The second-order valence-corrected chi connectivity index (χ2v) is 5.18. The van der Waals surface area contributed by atoms with Gasteiger partial charge in [0.05, 0.1) is 30.3 Å². The molecule has 7 heteroatoms. The number of aliphatic hydroxyl groups is 1. The Kier molecular flexibility index (Phi) is 5.00. The van der Waals surface area contributed by atoms with Gasteiger partial charge in [-0.2, -0.15) is 0 Å². The molecule has 0 spiro atoms. The van der Waals surface area contributed by atoms with Crippen LogP contribution in [0.25, 0.3) is 0 Å². The van der Waals surface area contributed by atoms with Gasteiger partial charge in [-0.1, -0.05) is 12.1 Å². The molecular weight excluding hydrogens is 276 g/mol. The first-order chi connectivity index (χ1) is 9.99. The molecule has 1 heterocycles. The van der Waals surface area contributed by atoms with Gasteiger partial charge in [-0.25, -0.2) is 0 Å². The van der Waals surface area contributed by atoms with E-state index in [0.29, 0.717) is 18.7 Å². The fourth-order valence-corrected chi connectivity index (χ4v) is 2.46. The summed E-state index contributed by atoms with van der Waals surface area (Å²) in [6.07, 6.45) is -0.361. The number of morpholine rings is 1. The highest BCUT2D eigenvalue weighted by molar-refractivity contribution is 5.98. The highest BCUT2D eigenvalue weighted by Crippen LogP contribution is 2.15. The van der Waals surface area contributed by atoms with Crippen molar-refractivity contribution in [3.63, 3.8) is 0 Å². The maximum Gasteiger partial charge on any atom is 0.270 e. The van der Waals surface area contributed by atoms with Crippen LogP contribution >= 0.6 is 0 Å². The molecular formula is C14H18N2O5. The van der Waals surface area contributed by atoms with Crippen LogP contribution in [0.2, 0.25) is 0 Å². The lowest BCUT2D eigenvalue weighted by Crippen LogP contribution is -2.49. The first-order valence-electron chi connectivity index (χ1n) is 6.76. The van der Waals surface area contributed by atoms with Gasteiger partial charge in [0.2, 0.25) is 0 Å². The fourth-order valence-electron chi connectivity index (χ4n) is 2.46. The Bertz CT molecular complexity index is 534. The minimum absolute atomic E-state index is 0.0613. The summed E-state index contributed by atoms with van der Waals surface area (Å²) in [7, 11) is 0. The van der Waals surface area contributed by atoms with E-state index in [9.17, 15) is 14.9 Å². The summed E-state index contributed by atoms with van der Waals surface area (Å²) in [6, 6.07) is 5.72. The average Bonchev–Trinajstić information content (AvgIpc) is 2.46. The third-order valence-electron chi connectivity index (χ3n) is 3.35. The Morgan fingerprint density at radius 3 is 2.95 bits per heavy atom. The lowest BCUT2D eigenvalue weighted by atomic mass is 10.1. The predicted molar refractivity (Wildman–Crippen MR) is 75.3 cm³/mol. The molecule has 1 aromatic rings. The summed E-state index contributed by atoms with van der Waals surface area (Å²) in [5, 5.41) is 19.9. The van der Waals surface area contributed by atoms with Crippen LogP contribution in [-0.4, -0.2) is 59.2 Å². The number of nitro benzene ring substituents is 1. The van der Waals surface area contributed by atoms with Gasteiger partial charge >= 0.3 is 0 Å². The summed E-state index contributed by atoms with van der Waals surface area (Å²) >= 11 is 0. The van der Waals surface area contributed by atoms with Gasteiger partial charge in [-0.15, -0.1) is 0 Å². The van der Waals surface area contributed by atoms with Gasteiger partial charge in [0, 0.05) is 30.8 Å². The molecule has 2 rings (SSSR count). The molecule has 7 nitrogen and oxygen atoms in total. The van der Waals surface area contributed by atoms with Crippen molar-refractivity contribution >= 4 is 11.5 Å². The number of hydrogen-bond acceptors (Lipinski definition) is 6. The molecule has 1 aliphatic heterocycles.